The lowest BCUT2D eigenvalue weighted by Crippen LogP contribution is -2.44. The first-order valence-corrected chi connectivity index (χ1v) is 27.0. The predicted octanol–water partition coefficient (Wildman–Crippen LogP) is 8.35. The minimum atomic E-state index is -4.86. The summed E-state index contributed by atoms with van der Waals surface area (Å²) in [5.74, 6) is -0.416. The molecule has 0 saturated carbocycles. The first kappa shape index (κ1) is 50.3. The van der Waals surface area contributed by atoms with E-state index in [1.165, 1.54) is 58.5 Å². The lowest BCUT2D eigenvalue weighted by Gasteiger charge is -2.36. The van der Waals surface area contributed by atoms with Crippen LogP contribution in [-0.4, -0.2) is 135 Å². The van der Waals surface area contributed by atoms with E-state index in [4.69, 9.17) is 20.2 Å². The smallest absolute Gasteiger partial charge is 0.369 e. The van der Waals surface area contributed by atoms with Crippen molar-refractivity contribution in [3.05, 3.63) is 133 Å². The van der Waals surface area contributed by atoms with Crippen LogP contribution in [0.5, 0.6) is 0 Å². The molecule has 2 fully saturated rings. The molecule has 4 aromatic carbocycles. The van der Waals surface area contributed by atoms with Crippen molar-refractivity contribution in [1.82, 2.24) is 39.0 Å². The summed E-state index contributed by atoms with van der Waals surface area (Å²) in [5.41, 5.74) is 0.506. The Morgan fingerprint density at radius 3 is 1.09 bits per heavy atom. The van der Waals surface area contributed by atoms with E-state index in [1.807, 2.05) is 38.4 Å². The van der Waals surface area contributed by atoms with Crippen LogP contribution in [0, 0.1) is 0 Å². The number of hydrogen-bond donors (Lipinski definition) is 0. The molecule has 2 saturated heterocycles. The number of aromatic nitrogens is 6. The molecule has 0 N–H and O–H groups in total. The highest BCUT2D eigenvalue weighted by Gasteiger charge is 2.36. The molecule has 0 spiro atoms. The number of piperazine rings is 2. The van der Waals surface area contributed by atoms with Gasteiger partial charge in [-0.2, -0.15) is 36.3 Å². The summed E-state index contributed by atoms with van der Waals surface area (Å²) in [6.07, 6.45) is -6.13. The molecule has 16 nitrogen and oxygen atoms in total. The average Bonchev–Trinajstić information content (AvgIpc) is 4.00. The predicted molar refractivity (Wildman–Crippen MR) is 270 cm³/mol. The summed E-state index contributed by atoms with van der Waals surface area (Å²) in [6.45, 7) is 6.20. The maximum atomic E-state index is 14.8. The summed E-state index contributed by atoms with van der Waals surface area (Å²) in [6, 6.07) is 27.0. The van der Waals surface area contributed by atoms with Crippen LogP contribution in [0.1, 0.15) is 11.1 Å². The average molecular weight is 1060 g/mol. The Kier molecular flexibility index (Phi) is 12.8. The van der Waals surface area contributed by atoms with Gasteiger partial charge in [0.25, 0.3) is 11.9 Å². The van der Waals surface area contributed by atoms with E-state index < -0.39 is 43.2 Å². The van der Waals surface area contributed by atoms with Crippen molar-refractivity contribution in [3.8, 4) is 22.3 Å². The minimum absolute atomic E-state index is 0.0378. The Hall–Kier alpha value is -7.28. The van der Waals surface area contributed by atoms with E-state index in [0.29, 0.717) is 11.4 Å². The number of rotatable bonds is 11. The number of halogens is 6. The molecule has 74 heavy (non-hydrogen) atoms. The zero-order valence-corrected chi connectivity index (χ0v) is 41.9. The van der Waals surface area contributed by atoms with E-state index in [1.54, 1.807) is 24.3 Å². The van der Waals surface area contributed by atoms with E-state index in [2.05, 4.69) is 19.6 Å². The lowest BCUT2D eigenvalue weighted by atomic mass is 10.1. The van der Waals surface area contributed by atoms with E-state index in [9.17, 15) is 43.2 Å². The second kappa shape index (κ2) is 18.9. The zero-order valence-electron chi connectivity index (χ0n) is 40.3. The number of sulfone groups is 2. The number of anilines is 6. The minimum Gasteiger partial charge on any atom is -0.369 e. The fraction of sp³-hybridized carbons (Fsp3) is 0.280. The summed E-state index contributed by atoms with van der Waals surface area (Å²) in [5, 5.41) is 12.3. The molecule has 24 heteroatoms. The third-order valence-corrected chi connectivity index (χ3v) is 15.4. The van der Waals surface area contributed by atoms with Gasteiger partial charge in [0.15, 0.2) is 31.0 Å². The number of hydrazine groups is 1. The third-order valence-electron chi connectivity index (χ3n) is 13.2. The molecule has 4 aromatic heterocycles. The Balaban J connectivity index is 1.22. The van der Waals surface area contributed by atoms with Gasteiger partial charge in [0.1, 0.15) is 0 Å². The monoisotopic (exact) mass is 1060 g/mol. The van der Waals surface area contributed by atoms with Crippen molar-refractivity contribution in [2.24, 2.45) is 0 Å². The fourth-order valence-corrected chi connectivity index (χ4v) is 10.3. The van der Waals surface area contributed by atoms with E-state index in [-0.39, 0.29) is 55.2 Å². The number of fused-ring (bicyclic) bond motifs is 2. The molecule has 0 radical (unpaired) electrons. The summed E-state index contributed by atoms with van der Waals surface area (Å²) in [7, 11) is -3.27. The molecule has 0 bridgehead atoms. The highest BCUT2D eigenvalue weighted by atomic mass is 32.2. The Labute approximate surface area is 422 Å². The van der Waals surface area contributed by atoms with Gasteiger partial charge >= 0.3 is 12.4 Å². The number of hydrogen-bond acceptors (Lipinski definition) is 14. The van der Waals surface area contributed by atoms with E-state index in [0.717, 1.165) is 110 Å². The number of alkyl halides is 6. The topological polar surface area (TPSA) is 148 Å². The number of nitrogens with zero attached hydrogens (tertiary/aromatic N) is 12. The molecular formula is C50H48F6N12O4S2. The second-order valence-corrected chi connectivity index (χ2v) is 22.5. The quantitative estimate of drug-likeness (QED) is 0.0903. The normalized spacial score (nSPS) is 15.6. The van der Waals surface area contributed by atoms with Gasteiger partial charge in [-0.1, -0.05) is 24.3 Å². The molecule has 0 amide bonds. The Morgan fingerprint density at radius 1 is 0.473 bits per heavy atom. The molecule has 2 aliphatic heterocycles. The Morgan fingerprint density at radius 2 is 0.797 bits per heavy atom. The van der Waals surface area contributed by atoms with Gasteiger partial charge in [-0.15, -0.1) is 10.2 Å². The molecule has 0 aliphatic carbocycles. The molecular weight excluding hydrogens is 1010 g/mol. The van der Waals surface area contributed by atoms with Crippen LogP contribution in [0.2, 0.25) is 0 Å². The van der Waals surface area contributed by atoms with Gasteiger partial charge in [0.2, 0.25) is 0 Å². The van der Waals surface area contributed by atoms with Crippen LogP contribution in [0.15, 0.2) is 131 Å². The molecule has 2 aliphatic rings. The van der Waals surface area contributed by atoms with Gasteiger partial charge in [-0.05, 0) is 110 Å². The maximum absolute atomic E-state index is 14.8. The highest BCUT2D eigenvalue weighted by Crippen LogP contribution is 2.41. The Bertz CT molecular complexity index is 3360. The molecule has 0 atom stereocenters. The molecule has 10 rings (SSSR count). The van der Waals surface area contributed by atoms with Crippen molar-refractivity contribution >= 4 is 65.6 Å². The summed E-state index contributed by atoms with van der Waals surface area (Å²) < 4.78 is 140. The lowest BCUT2D eigenvalue weighted by molar-refractivity contribution is -0.138. The van der Waals surface area contributed by atoms with Gasteiger partial charge in [0, 0.05) is 99.8 Å². The van der Waals surface area contributed by atoms with Crippen molar-refractivity contribution in [2.75, 3.05) is 98.8 Å². The van der Waals surface area contributed by atoms with Crippen LogP contribution in [0.3, 0.4) is 0 Å². The number of benzene rings is 4. The SMILES string of the molecule is CN1CCN(c2ccc(N(c3nc4c(-c5ccc(S(C)(=O)=O)cc5)cc(C(F)(F)F)cn4n3)N(c3ccc(N4CCN(C)CC4)cc3)c3nc4c(-c5ccc(S(C)(=O)=O)cc5)cc(C(F)(F)F)cn4n3)cc2)CC1. The van der Waals surface area contributed by atoms with Gasteiger partial charge in [-0.25, -0.2) is 35.9 Å². The standard InChI is InChI=1S/C50H48F6N12O4S2/c1-61-21-25-63(26-22-61)37-9-13-39(14-10-37)67(47-57-45-43(29-35(49(51,52)53)31-65(45)59-47)33-5-17-41(18-6-33)73(3,69)70)68(40-15-11-38(12-16-40)64-27-23-62(2)24-28-64)48-58-46-44(30-36(50(54,55)56)32-66(46)60-48)34-7-19-42(20-8-34)74(4,71)72/h5-20,29-32H,21-28H2,1-4H3. The molecule has 0 unspecified atom stereocenters. The van der Waals surface area contributed by atoms with Crippen molar-refractivity contribution < 1.29 is 43.2 Å². The highest BCUT2D eigenvalue weighted by molar-refractivity contribution is 7.91. The van der Waals surface area contributed by atoms with Crippen LogP contribution in [0.4, 0.5) is 61.0 Å². The number of likely N-dealkylation sites (N-methyl/N-ethyl adjacent to an activating group) is 2. The van der Waals surface area contributed by atoms with Crippen molar-refractivity contribution in [2.45, 2.75) is 22.1 Å². The molecule has 6 heterocycles. The third kappa shape index (κ3) is 10.2. The van der Waals surface area contributed by atoms with Crippen molar-refractivity contribution in [3.63, 3.8) is 0 Å². The maximum Gasteiger partial charge on any atom is 0.417 e. The molecule has 386 valence electrons. The molecule has 8 aromatic rings. The van der Waals surface area contributed by atoms with E-state index >= 15 is 0 Å². The van der Waals surface area contributed by atoms with Crippen molar-refractivity contribution in [1.29, 1.82) is 0 Å². The summed E-state index contributed by atoms with van der Waals surface area (Å²) >= 11 is 0. The van der Waals surface area contributed by atoms with Crippen LogP contribution in [0.25, 0.3) is 33.5 Å². The van der Waals surface area contributed by atoms with Gasteiger partial charge in [-0.3, -0.25) is 0 Å². The van der Waals surface area contributed by atoms with Gasteiger partial charge in [0.05, 0.1) is 32.3 Å². The second-order valence-electron chi connectivity index (χ2n) is 18.5. The number of pyridine rings is 2. The first-order valence-electron chi connectivity index (χ1n) is 23.2. The largest absolute Gasteiger partial charge is 0.417 e. The fourth-order valence-electron chi connectivity index (χ4n) is 9.01. The first-order chi connectivity index (χ1) is 35.0. The van der Waals surface area contributed by atoms with Crippen LogP contribution in [-0.2, 0) is 32.0 Å². The summed E-state index contributed by atoms with van der Waals surface area (Å²) in [4.78, 5) is 18.5. The van der Waals surface area contributed by atoms with Crippen LogP contribution >= 0.6 is 0 Å². The zero-order chi connectivity index (χ0) is 52.5. The van der Waals surface area contributed by atoms with Crippen LogP contribution < -0.4 is 19.8 Å². The van der Waals surface area contributed by atoms with Gasteiger partial charge < -0.3 is 19.6 Å².